The molecule has 8 nitrogen and oxygen atoms in total. The molecule has 0 spiro atoms. The Kier molecular flexibility index (Phi) is 9.30. The number of nitrogens with two attached hydrogens (primary N) is 1. The number of nitrogens with one attached hydrogen (secondary N) is 2. The zero-order chi connectivity index (χ0) is 31.7. The van der Waals surface area contributed by atoms with E-state index in [9.17, 15) is 19.5 Å². The van der Waals surface area contributed by atoms with E-state index < -0.39 is 19.8 Å². The lowest BCUT2D eigenvalue weighted by Crippen LogP contribution is -2.27. The molecular weight excluding hydrogens is 591 g/mol. The second kappa shape index (κ2) is 13.0. The molecule has 0 aliphatic carbocycles. The van der Waals surface area contributed by atoms with Crippen LogP contribution in [0.25, 0.3) is 21.6 Å². The number of aryl methyl sites for hydroxylation is 4. The highest BCUT2D eigenvalue weighted by molar-refractivity contribution is 7.65. The third-order valence-electron chi connectivity index (χ3n) is 8.02. The summed E-state index contributed by atoms with van der Waals surface area (Å²) in [6, 6.07) is 11.6. The molecule has 1 aliphatic heterocycles. The fourth-order valence-electron chi connectivity index (χ4n) is 5.76. The number of amides is 2. The van der Waals surface area contributed by atoms with Gasteiger partial charge in [0, 0.05) is 40.3 Å². The molecule has 1 unspecified atom stereocenters. The Hall–Kier alpha value is -3.91. The maximum Gasteiger partial charge on any atom is 0.355 e. The number of aromatic nitrogens is 1. The molecule has 0 saturated heterocycles. The van der Waals surface area contributed by atoms with Gasteiger partial charge in [-0.2, -0.15) is 0 Å². The molecular formula is C34H37N4O4PS. The van der Waals surface area contributed by atoms with Gasteiger partial charge < -0.3 is 21.5 Å². The number of thiophene rings is 1. The highest BCUT2D eigenvalue weighted by Crippen LogP contribution is 2.45. The van der Waals surface area contributed by atoms with Crippen LogP contribution < -0.4 is 21.7 Å². The number of aromatic carboxylic acids is 1. The number of benzene rings is 2. The zero-order valence-electron chi connectivity index (χ0n) is 25.6. The van der Waals surface area contributed by atoms with Gasteiger partial charge in [0.2, 0.25) is 0 Å². The van der Waals surface area contributed by atoms with E-state index in [2.05, 4.69) is 33.7 Å². The Morgan fingerprint density at radius 2 is 1.70 bits per heavy atom. The number of nitrogens with zero attached hydrogens (tertiary/aromatic N) is 1. The number of pyridine rings is 1. The smallest absolute Gasteiger partial charge is 0.355 e. The topological polar surface area (TPSA) is 134 Å². The van der Waals surface area contributed by atoms with Crippen LogP contribution in [0.5, 0.6) is 0 Å². The minimum Gasteiger partial charge on any atom is -0.476 e. The summed E-state index contributed by atoms with van der Waals surface area (Å²) in [5.74, 6) is -2.04. The van der Waals surface area contributed by atoms with Crippen LogP contribution in [0.2, 0.25) is 0 Å². The molecule has 44 heavy (non-hydrogen) atoms. The van der Waals surface area contributed by atoms with E-state index in [0.717, 1.165) is 51.4 Å². The van der Waals surface area contributed by atoms with Gasteiger partial charge in [0.15, 0.2) is 5.69 Å². The van der Waals surface area contributed by atoms with Crippen molar-refractivity contribution in [1.82, 2.24) is 10.3 Å². The van der Waals surface area contributed by atoms with Crippen molar-refractivity contribution in [1.29, 1.82) is 0 Å². The van der Waals surface area contributed by atoms with Gasteiger partial charge in [0.25, 0.3) is 11.8 Å². The summed E-state index contributed by atoms with van der Waals surface area (Å²) in [4.78, 5) is 45.3. The van der Waals surface area contributed by atoms with Crippen molar-refractivity contribution >= 4 is 48.0 Å². The zero-order valence-corrected chi connectivity index (χ0v) is 27.3. The molecule has 2 aromatic carbocycles. The summed E-state index contributed by atoms with van der Waals surface area (Å²) in [6.07, 6.45) is 2.67. The van der Waals surface area contributed by atoms with E-state index in [0.29, 0.717) is 41.0 Å². The molecule has 3 heterocycles. The minimum absolute atomic E-state index is 0.0626. The number of hydrogen-bond donors (Lipinski definition) is 4. The first-order valence-corrected chi connectivity index (χ1v) is 17.5. The number of hydrogen-bond acceptors (Lipinski definition) is 6. The molecule has 2 aromatic heterocycles. The number of carbonyl (C=O) groups excluding carboxylic acids is 2. The number of fused-ring (bicyclic) bond motifs is 3. The van der Waals surface area contributed by atoms with Crippen LogP contribution in [0.1, 0.15) is 72.5 Å². The normalized spacial score (nSPS) is 13.9. The van der Waals surface area contributed by atoms with E-state index in [4.69, 9.17) is 5.73 Å². The van der Waals surface area contributed by atoms with Gasteiger partial charge in [0.05, 0.1) is 0 Å². The Bertz CT molecular complexity index is 1780. The predicted octanol–water partition coefficient (Wildman–Crippen LogP) is 6.24. The van der Waals surface area contributed by atoms with Crippen molar-refractivity contribution in [2.24, 2.45) is 5.73 Å². The average Bonchev–Trinajstić information content (AvgIpc) is 3.43. The second-order valence-electron chi connectivity index (χ2n) is 11.2. The minimum atomic E-state index is -1.27. The van der Waals surface area contributed by atoms with E-state index in [-0.39, 0.29) is 17.3 Å². The molecule has 10 heteroatoms. The van der Waals surface area contributed by atoms with Crippen LogP contribution >= 0.6 is 19.3 Å². The van der Waals surface area contributed by atoms with E-state index >= 15 is 0 Å². The van der Waals surface area contributed by atoms with Gasteiger partial charge in [-0.25, -0.2) is 9.78 Å². The van der Waals surface area contributed by atoms with Crippen molar-refractivity contribution in [3.05, 3.63) is 86.5 Å². The molecule has 1 atom stereocenters. The lowest BCUT2D eigenvalue weighted by molar-refractivity contribution is 0.0691. The summed E-state index contributed by atoms with van der Waals surface area (Å²) in [6.45, 7) is 10.6. The van der Waals surface area contributed by atoms with Gasteiger partial charge in [-0.05, 0) is 115 Å². The third kappa shape index (κ3) is 6.05. The number of carboxylic acid groups (broad SMARTS) is 1. The van der Waals surface area contributed by atoms with Crippen LogP contribution in [-0.2, 0) is 13.0 Å². The van der Waals surface area contributed by atoms with E-state index in [1.54, 1.807) is 24.3 Å². The summed E-state index contributed by atoms with van der Waals surface area (Å²) in [5, 5.41) is 19.4. The van der Waals surface area contributed by atoms with Crippen molar-refractivity contribution in [3.63, 3.8) is 0 Å². The maximum atomic E-state index is 14.3. The molecule has 228 valence electrons. The Morgan fingerprint density at radius 1 is 0.977 bits per heavy atom. The monoisotopic (exact) mass is 628 g/mol. The van der Waals surface area contributed by atoms with Crippen LogP contribution in [-0.4, -0.2) is 47.2 Å². The summed E-state index contributed by atoms with van der Waals surface area (Å²) >= 11 is 1.66. The molecule has 5 N–H and O–H groups in total. The fraction of sp³-hybridized carbons (Fsp3) is 0.294. The highest BCUT2D eigenvalue weighted by atomic mass is 32.1. The molecule has 0 saturated carbocycles. The molecule has 4 aromatic rings. The first-order valence-electron chi connectivity index (χ1n) is 14.6. The van der Waals surface area contributed by atoms with Crippen LogP contribution in [0.4, 0.5) is 5.69 Å². The van der Waals surface area contributed by atoms with E-state index in [1.807, 2.05) is 45.0 Å². The van der Waals surface area contributed by atoms with E-state index in [1.165, 1.54) is 5.56 Å². The number of anilines is 1. The molecule has 0 fully saturated rings. The van der Waals surface area contributed by atoms with Crippen molar-refractivity contribution in [3.8, 4) is 21.6 Å². The molecule has 5 rings (SSSR count). The first kappa shape index (κ1) is 31.5. The van der Waals surface area contributed by atoms with Crippen LogP contribution in [0.15, 0.2) is 41.8 Å². The van der Waals surface area contributed by atoms with Gasteiger partial charge in [-0.1, -0.05) is 27.0 Å². The van der Waals surface area contributed by atoms with Crippen LogP contribution in [0, 0.1) is 20.8 Å². The third-order valence-corrected chi connectivity index (χ3v) is 11.1. The van der Waals surface area contributed by atoms with Gasteiger partial charge in [-0.3, -0.25) is 9.59 Å². The Morgan fingerprint density at radius 3 is 2.36 bits per heavy atom. The molecule has 0 bridgehead atoms. The number of carbonyl (C=O) groups is 3. The summed E-state index contributed by atoms with van der Waals surface area (Å²) in [7, 11) is -0.582. The fourth-order valence-corrected chi connectivity index (χ4v) is 8.57. The van der Waals surface area contributed by atoms with Gasteiger partial charge in [-0.15, -0.1) is 11.3 Å². The second-order valence-corrected chi connectivity index (χ2v) is 14.5. The standard InChI is InChI=1S/C34H37N4O4PS/c1-6-9-36-33(40)29-20(4)14-24(30(37-29)34(41)42)23-16-27-26(31-22(8-11-44-31)7-10-43(27)5)15-25(23)32(39)38-28-18(2)12-21(17-35)13-19(28)3/h8,11-16H,6-7,9-10,17,35H2,1-5H3,(H,36,40)(H,38,39)(H,41,42). The number of carboxylic acids is 1. The van der Waals surface area contributed by atoms with Crippen LogP contribution in [0.3, 0.4) is 0 Å². The quantitative estimate of drug-likeness (QED) is 0.171. The van der Waals surface area contributed by atoms with Crippen molar-refractivity contribution in [2.45, 2.75) is 47.1 Å². The predicted molar refractivity (Wildman–Crippen MR) is 180 cm³/mol. The average molecular weight is 629 g/mol. The molecule has 0 radical (unpaired) electrons. The summed E-state index contributed by atoms with van der Waals surface area (Å²) < 4.78 is 0. The molecule has 2 amide bonds. The number of rotatable bonds is 8. The van der Waals surface area contributed by atoms with Gasteiger partial charge in [0.1, 0.15) is 5.69 Å². The Labute approximate surface area is 262 Å². The lowest BCUT2D eigenvalue weighted by atomic mass is 9.92. The Balaban J connectivity index is 1.74. The van der Waals surface area contributed by atoms with Crippen molar-refractivity contribution in [2.75, 3.05) is 24.7 Å². The highest BCUT2D eigenvalue weighted by Gasteiger charge is 2.28. The van der Waals surface area contributed by atoms with Crippen molar-refractivity contribution < 1.29 is 19.5 Å². The SMILES string of the molecule is CCCNC(=O)c1nc(C(=O)O)c(-c2cc3c(cc2C(=O)Nc2c(C)cc(CN)cc2C)-c2sccc2CCP3C)cc1C. The largest absolute Gasteiger partial charge is 0.476 e. The lowest BCUT2D eigenvalue weighted by Gasteiger charge is -2.21. The first-order chi connectivity index (χ1) is 21.0. The molecule has 1 aliphatic rings. The summed E-state index contributed by atoms with van der Waals surface area (Å²) in [5.41, 5.74) is 13.1. The van der Waals surface area contributed by atoms with Gasteiger partial charge >= 0.3 is 5.97 Å². The maximum absolute atomic E-state index is 14.3.